The molecule has 0 aliphatic rings. The molecule has 2 atom stereocenters. The van der Waals surface area contributed by atoms with Crippen molar-refractivity contribution in [2.75, 3.05) is 47.1 Å². The van der Waals surface area contributed by atoms with Crippen molar-refractivity contribution >= 4 is 20.0 Å². The Hall–Kier alpha value is -1.60. The number of hydrogen-bond donors (Lipinski definition) is 1. The zero-order valence-corrected chi connectivity index (χ0v) is 17.0. The number of hydrogen-bond acceptors (Lipinski definition) is 7. The van der Waals surface area contributed by atoms with E-state index in [0.717, 1.165) is 0 Å². The average Bonchev–Trinajstić information content (AvgIpc) is 2.49. The molecule has 9 heteroatoms. The Morgan fingerprint density at radius 2 is 1.85 bits per heavy atom. The van der Waals surface area contributed by atoms with Gasteiger partial charge in [-0.25, -0.2) is 4.79 Å². The molecule has 0 bridgehead atoms. The molecule has 26 heavy (non-hydrogen) atoms. The van der Waals surface area contributed by atoms with Crippen LogP contribution in [0.1, 0.15) is 20.3 Å². The minimum absolute atomic E-state index is 0.0595. The third kappa shape index (κ3) is 9.77. The van der Waals surface area contributed by atoms with Crippen molar-refractivity contribution in [3.05, 3.63) is 23.3 Å². The first kappa shape index (κ1) is 24.4. The fourth-order valence-corrected chi connectivity index (χ4v) is 2.85. The molecule has 0 amide bonds. The van der Waals surface area contributed by atoms with E-state index in [-0.39, 0.29) is 42.5 Å². The van der Waals surface area contributed by atoms with Gasteiger partial charge in [0.15, 0.2) is 12.7 Å². The highest BCUT2D eigenvalue weighted by Crippen LogP contribution is 2.29. The summed E-state index contributed by atoms with van der Waals surface area (Å²) in [5, 5.41) is 20.4. The lowest BCUT2D eigenvalue weighted by Gasteiger charge is -2.22. The SMILES string of the molecule is C=C(C)C(=O)OC(C[P+](=O)OCC[N+](C)(C)C)C(CCO)=C(C)C(=O)[O-]. The summed E-state index contributed by atoms with van der Waals surface area (Å²) in [7, 11) is 3.67. The number of carboxylic acid groups (broad SMARTS) is 1. The fourth-order valence-electron chi connectivity index (χ4n) is 1.89. The van der Waals surface area contributed by atoms with Crippen molar-refractivity contribution in [3.63, 3.8) is 0 Å². The van der Waals surface area contributed by atoms with Crippen molar-refractivity contribution in [2.24, 2.45) is 0 Å². The van der Waals surface area contributed by atoms with Gasteiger partial charge in [0.1, 0.15) is 6.54 Å². The van der Waals surface area contributed by atoms with Crippen LogP contribution < -0.4 is 5.11 Å². The van der Waals surface area contributed by atoms with E-state index in [1.165, 1.54) is 13.8 Å². The van der Waals surface area contributed by atoms with Crippen LogP contribution >= 0.6 is 8.03 Å². The van der Waals surface area contributed by atoms with Crippen LogP contribution in [0.3, 0.4) is 0 Å². The molecule has 0 saturated carbocycles. The van der Waals surface area contributed by atoms with E-state index in [9.17, 15) is 24.4 Å². The lowest BCUT2D eigenvalue weighted by Crippen LogP contribution is -2.37. The number of aliphatic hydroxyl groups excluding tert-OH is 1. The Kier molecular flexibility index (Phi) is 10.5. The quantitative estimate of drug-likeness (QED) is 0.222. The minimum atomic E-state index is -2.21. The lowest BCUT2D eigenvalue weighted by molar-refractivity contribution is -0.870. The van der Waals surface area contributed by atoms with Crippen LogP contribution in [0.4, 0.5) is 0 Å². The van der Waals surface area contributed by atoms with Crippen LogP contribution in [-0.2, 0) is 23.4 Å². The predicted octanol–water partition coefficient (Wildman–Crippen LogP) is 0.388. The van der Waals surface area contributed by atoms with Crippen molar-refractivity contribution < 1.29 is 38.1 Å². The van der Waals surface area contributed by atoms with Crippen molar-refractivity contribution in [1.82, 2.24) is 0 Å². The summed E-state index contributed by atoms with van der Waals surface area (Å²) in [6.45, 7) is 6.70. The molecule has 0 fully saturated rings. The van der Waals surface area contributed by atoms with E-state index >= 15 is 0 Å². The molecule has 8 nitrogen and oxygen atoms in total. The molecule has 0 aliphatic heterocycles. The summed E-state index contributed by atoms with van der Waals surface area (Å²) in [5.41, 5.74) is 0.0830. The molecule has 1 N–H and O–H groups in total. The molecular weight excluding hydrogens is 361 g/mol. The fraction of sp³-hybridized carbons (Fsp3) is 0.647. The first-order valence-corrected chi connectivity index (χ1v) is 9.51. The van der Waals surface area contributed by atoms with Crippen LogP contribution in [0.25, 0.3) is 0 Å². The van der Waals surface area contributed by atoms with Gasteiger partial charge >= 0.3 is 14.0 Å². The average molecular weight is 390 g/mol. The van der Waals surface area contributed by atoms with Crippen LogP contribution in [0, 0.1) is 0 Å². The zero-order chi connectivity index (χ0) is 20.5. The smallest absolute Gasteiger partial charge is 0.512 e. The maximum Gasteiger partial charge on any atom is 0.512 e. The summed E-state index contributed by atoms with van der Waals surface area (Å²) in [6, 6.07) is 0. The Bertz CT molecular complexity index is 578. The molecule has 0 saturated heterocycles. The number of ether oxygens (including phenoxy) is 1. The Morgan fingerprint density at radius 1 is 1.27 bits per heavy atom. The van der Waals surface area contributed by atoms with Crippen molar-refractivity contribution in [2.45, 2.75) is 26.4 Å². The van der Waals surface area contributed by atoms with Crippen LogP contribution in [-0.4, -0.2) is 74.7 Å². The number of carbonyl (C=O) groups is 2. The summed E-state index contributed by atoms with van der Waals surface area (Å²) >= 11 is 0. The normalized spacial score (nSPS) is 14.3. The highest BCUT2D eigenvalue weighted by Gasteiger charge is 2.32. The van der Waals surface area contributed by atoms with Gasteiger partial charge in [-0.15, -0.1) is 4.52 Å². The van der Waals surface area contributed by atoms with Gasteiger partial charge in [-0.2, -0.15) is 0 Å². The topological polar surface area (TPSA) is 113 Å². The van der Waals surface area contributed by atoms with E-state index in [4.69, 9.17) is 9.26 Å². The first-order chi connectivity index (χ1) is 11.9. The third-order valence-corrected chi connectivity index (χ3v) is 4.57. The number of rotatable bonds is 12. The Balaban J connectivity index is 5.36. The Morgan fingerprint density at radius 3 is 2.27 bits per heavy atom. The number of nitrogens with zero attached hydrogens (tertiary/aromatic N) is 1. The summed E-state index contributed by atoms with van der Waals surface area (Å²) < 4.78 is 23.4. The Labute approximate surface area is 155 Å². The minimum Gasteiger partial charge on any atom is -0.545 e. The molecule has 0 radical (unpaired) electrons. The monoisotopic (exact) mass is 390 g/mol. The van der Waals surface area contributed by atoms with Crippen LogP contribution in [0.2, 0.25) is 0 Å². The van der Waals surface area contributed by atoms with E-state index in [0.29, 0.717) is 11.0 Å². The van der Waals surface area contributed by atoms with E-state index in [1.807, 2.05) is 21.1 Å². The van der Waals surface area contributed by atoms with Crippen LogP contribution in [0.5, 0.6) is 0 Å². The predicted molar refractivity (Wildman–Crippen MR) is 95.4 cm³/mol. The molecule has 0 aromatic carbocycles. The maximum absolute atomic E-state index is 12.2. The number of likely N-dealkylation sites (N-methyl/N-ethyl adjacent to an activating group) is 1. The van der Waals surface area contributed by atoms with E-state index in [1.54, 1.807) is 0 Å². The summed E-state index contributed by atoms with van der Waals surface area (Å²) in [6.07, 6.45) is -1.39. The largest absolute Gasteiger partial charge is 0.545 e. The van der Waals surface area contributed by atoms with E-state index < -0.39 is 26.1 Å². The lowest BCUT2D eigenvalue weighted by atomic mass is 10.0. The third-order valence-electron chi connectivity index (χ3n) is 3.47. The molecule has 0 heterocycles. The van der Waals surface area contributed by atoms with Gasteiger partial charge in [0, 0.05) is 12.2 Å². The molecule has 2 unspecified atom stereocenters. The van der Waals surface area contributed by atoms with Gasteiger partial charge in [-0.1, -0.05) is 6.58 Å². The number of quaternary nitrogens is 1. The number of carboxylic acids is 1. The number of carbonyl (C=O) groups excluding carboxylic acids is 2. The molecule has 0 aliphatic carbocycles. The van der Waals surface area contributed by atoms with Crippen molar-refractivity contribution in [3.8, 4) is 0 Å². The highest BCUT2D eigenvalue weighted by atomic mass is 31.1. The van der Waals surface area contributed by atoms with Gasteiger partial charge in [0.2, 0.25) is 6.16 Å². The molecule has 0 aromatic rings. The van der Waals surface area contributed by atoms with E-state index in [2.05, 4.69) is 6.58 Å². The van der Waals surface area contributed by atoms with Crippen LogP contribution in [0.15, 0.2) is 23.3 Å². The summed E-state index contributed by atoms with van der Waals surface area (Å²) in [4.78, 5) is 23.1. The van der Waals surface area contributed by atoms with Gasteiger partial charge in [-0.3, -0.25) is 0 Å². The molecular formula is C17H29NO7P+. The second kappa shape index (κ2) is 11.2. The molecule has 0 spiro atoms. The number of aliphatic carboxylic acids is 1. The zero-order valence-electron chi connectivity index (χ0n) is 16.1. The molecule has 0 rings (SSSR count). The number of aliphatic hydroxyl groups is 1. The van der Waals surface area contributed by atoms with Crippen molar-refractivity contribution in [1.29, 1.82) is 0 Å². The van der Waals surface area contributed by atoms with Gasteiger partial charge in [-0.05, 0) is 36.0 Å². The summed E-state index contributed by atoms with van der Waals surface area (Å²) in [5.74, 6) is -2.20. The highest BCUT2D eigenvalue weighted by molar-refractivity contribution is 7.39. The standard InChI is InChI=1S/C17H29NO7P/c1-12(2)17(22)25-15(14(7-9-19)13(3)16(20)21)11-26(23)24-10-8-18(4,5)6/h15,19H,1,7-11H2,2-6H3/q+1. The molecule has 0 aromatic heterocycles. The second-order valence-corrected chi connectivity index (χ2v) is 8.24. The first-order valence-electron chi connectivity index (χ1n) is 8.15. The maximum atomic E-state index is 12.2. The molecule has 148 valence electrons. The van der Waals surface area contributed by atoms with Gasteiger partial charge < -0.3 is 24.2 Å². The number of esters is 1. The van der Waals surface area contributed by atoms with Gasteiger partial charge in [0.05, 0.1) is 27.1 Å². The van der Waals surface area contributed by atoms with Gasteiger partial charge in [0.25, 0.3) is 0 Å². The second-order valence-electron chi connectivity index (χ2n) is 6.95.